The fourth-order valence-corrected chi connectivity index (χ4v) is 3.34. The molecule has 150 valence electrons. The van der Waals surface area contributed by atoms with Gasteiger partial charge in [0.25, 0.3) is 11.5 Å². The maximum Gasteiger partial charge on any atom is 0.265 e. The van der Waals surface area contributed by atoms with Gasteiger partial charge in [0.2, 0.25) is 0 Å². The molecule has 30 heavy (non-hydrogen) atoms. The van der Waals surface area contributed by atoms with E-state index >= 15 is 0 Å². The lowest BCUT2D eigenvalue weighted by molar-refractivity contribution is 0.102. The number of nitrogens with zero attached hydrogens (tertiary/aromatic N) is 2. The number of anilines is 1. The van der Waals surface area contributed by atoms with E-state index in [1.54, 1.807) is 48.7 Å². The number of pyridine rings is 2. The second kappa shape index (κ2) is 8.08. The van der Waals surface area contributed by atoms with Gasteiger partial charge in [-0.05, 0) is 60.5 Å². The van der Waals surface area contributed by atoms with Crippen molar-refractivity contribution >= 4 is 34.2 Å². The minimum Gasteiger partial charge on any atom is -0.322 e. The first-order valence-electron chi connectivity index (χ1n) is 9.23. The summed E-state index contributed by atoms with van der Waals surface area (Å²) in [6.45, 7) is 2.02. The average molecular weight is 422 g/mol. The monoisotopic (exact) mass is 421 g/mol. The number of hydrogen-bond donors (Lipinski definition) is 1. The molecule has 0 bridgehead atoms. The maximum atomic E-state index is 13.2. The summed E-state index contributed by atoms with van der Waals surface area (Å²) >= 11 is 6.13. The number of rotatable bonds is 4. The van der Waals surface area contributed by atoms with Crippen LogP contribution in [0.1, 0.15) is 21.5 Å². The van der Waals surface area contributed by atoms with Crippen molar-refractivity contribution in [1.29, 1.82) is 0 Å². The molecule has 4 aromatic rings. The highest BCUT2D eigenvalue weighted by Crippen LogP contribution is 2.21. The van der Waals surface area contributed by atoms with Crippen molar-refractivity contribution in [2.24, 2.45) is 0 Å². The van der Waals surface area contributed by atoms with Gasteiger partial charge in [-0.3, -0.25) is 14.2 Å². The predicted octanol–water partition coefficient (Wildman–Crippen LogP) is 4.80. The summed E-state index contributed by atoms with van der Waals surface area (Å²) in [6.07, 6.45) is 1.58. The van der Waals surface area contributed by atoms with Gasteiger partial charge in [-0.25, -0.2) is 9.37 Å². The van der Waals surface area contributed by atoms with Crippen LogP contribution >= 0.6 is 11.6 Å². The van der Waals surface area contributed by atoms with E-state index in [1.807, 2.05) is 6.92 Å². The van der Waals surface area contributed by atoms with Gasteiger partial charge in [-0.2, -0.15) is 0 Å². The number of aromatic nitrogens is 2. The highest BCUT2D eigenvalue weighted by atomic mass is 35.5. The fourth-order valence-electron chi connectivity index (χ4n) is 3.16. The minimum atomic E-state index is -0.543. The van der Waals surface area contributed by atoms with Crippen LogP contribution in [-0.4, -0.2) is 15.5 Å². The Balaban J connectivity index is 1.77. The summed E-state index contributed by atoms with van der Waals surface area (Å²) in [7, 11) is 0. The van der Waals surface area contributed by atoms with Gasteiger partial charge in [0.05, 0.1) is 6.54 Å². The third-order valence-electron chi connectivity index (χ3n) is 4.78. The van der Waals surface area contributed by atoms with E-state index in [0.29, 0.717) is 27.3 Å². The first-order valence-corrected chi connectivity index (χ1v) is 9.61. The van der Waals surface area contributed by atoms with Crippen LogP contribution in [0.25, 0.3) is 11.0 Å². The number of amides is 1. The van der Waals surface area contributed by atoms with Crippen molar-refractivity contribution in [1.82, 2.24) is 9.55 Å². The van der Waals surface area contributed by atoms with Crippen LogP contribution in [0.5, 0.6) is 0 Å². The summed E-state index contributed by atoms with van der Waals surface area (Å²) in [5, 5.41) is 3.89. The summed E-state index contributed by atoms with van der Waals surface area (Å²) in [5.74, 6) is -0.905. The molecule has 0 saturated carbocycles. The Morgan fingerprint density at radius 1 is 1.13 bits per heavy atom. The number of aryl methyl sites for hydroxylation is 1. The van der Waals surface area contributed by atoms with Crippen LogP contribution in [0, 0.1) is 12.7 Å². The van der Waals surface area contributed by atoms with Gasteiger partial charge >= 0.3 is 0 Å². The number of fused-ring (bicyclic) bond motifs is 1. The van der Waals surface area contributed by atoms with Crippen molar-refractivity contribution in [2.75, 3.05) is 5.32 Å². The van der Waals surface area contributed by atoms with Crippen molar-refractivity contribution < 1.29 is 9.18 Å². The lowest BCUT2D eigenvalue weighted by atomic mass is 10.1. The summed E-state index contributed by atoms with van der Waals surface area (Å²) in [4.78, 5) is 30.4. The molecule has 1 N–H and O–H groups in total. The van der Waals surface area contributed by atoms with Gasteiger partial charge in [0.15, 0.2) is 0 Å². The van der Waals surface area contributed by atoms with Gasteiger partial charge in [0.1, 0.15) is 17.0 Å². The van der Waals surface area contributed by atoms with E-state index in [4.69, 9.17) is 11.6 Å². The second-order valence-corrected chi connectivity index (χ2v) is 7.32. The quantitative estimate of drug-likeness (QED) is 0.515. The number of nitrogens with one attached hydrogen (secondary N) is 1. The molecule has 0 aliphatic rings. The van der Waals surface area contributed by atoms with E-state index in [0.717, 1.165) is 5.56 Å². The van der Waals surface area contributed by atoms with Crippen molar-refractivity contribution in [3.8, 4) is 0 Å². The minimum absolute atomic E-state index is 0.0192. The van der Waals surface area contributed by atoms with E-state index in [2.05, 4.69) is 10.3 Å². The highest BCUT2D eigenvalue weighted by Gasteiger charge is 2.17. The lowest BCUT2D eigenvalue weighted by Gasteiger charge is -2.13. The highest BCUT2D eigenvalue weighted by molar-refractivity contribution is 6.31. The standard InChI is InChI=1S/C23H17ClFN3O2/c1-14-4-9-18(12-20(14)24)27-22(29)19-11-16-3-2-10-26-21(16)28(23(19)30)13-15-5-7-17(25)8-6-15/h2-12H,13H2,1H3,(H,27,29). The zero-order chi connectivity index (χ0) is 21.3. The Labute approximate surface area is 176 Å². The third kappa shape index (κ3) is 3.95. The molecular formula is C23H17ClFN3O2. The molecule has 0 atom stereocenters. The molecule has 0 unspecified atom stereocenters. The molecule has 1 amide bonds. The van der Waals surface area contributed by atoms with E-state index in [-0.39, 0.29) is 17.9 Å². The summed E-state index contributed by atoms with van der Waals surface area (Å²) in [6, 6.07) is 16.0. The number of halogens is 2. The van der Waals surface area contributed by atoms with E-state index in [9.17, 15) is 14.0 Å². The Kier molecular flexibility index (Phi) is 5.33. The Morgan fingerprint density at radius 3 is 2.63 bits per heavy atom. The Morgan fingerprint density at radius 2 is 1.90 bits per heavy atom. The normalized spacial score (nSPS) is 10.9. The molecule has 0 aliphatic carbocycles. The van der Waals surface area contributed by atoms with Crippen LogP contribution in [0.3, 0.4) is 0 Å². The van der Waals surface area contributed by atoms with Gasteiger partial charge < -0.3 is 5.32 Å². The lowest BCUT2D eigenvalue weighted by Crippen LogP contribution is -2.30. The topological polar surface area (TPSA) is 64.0 Å². The zero-order valence-corrected chi connectivity index (χ0v) is 16.8. The summed E-state index contributed by atoms with van der Waals surface area (Å²) in [5.41, 5.74) is 2.03. The molecule has 2 aromatic heterocycles. The van der Waals surface area contributed by atoms with Gasteiger partial charge in [0, 0.05) is 22.3 Å². The zero-order valence-electron chi connectivity index (χ0n) is 16.0. The van der Waals surface area contributed by atoms with Gasteiger partial charge in [-0.15, -0.1) is 0 Å². The predicted molar refractivity (Wildman–Crippen MR) is 116 cm³/mol. The number of hydrogen-bond acceptors (Lipinski definition) is 3. The van der Waals surface area contributed by atoms with E-state index < -0.39 is 11.5 Å². The first kappa shape index (κ1) is 19.8. The van der Waals surface area contributed by atoms with Crippen LogP contribution in [0.2, 0.25) is 5.02 Å². The van der Waals surface area contributed by atoms with Crippen molar-refractivity contribution in [2.45, 2.75) is 13.5 Å². The molecule has 0 fully saturated rings. The number of carbonyl (C=O) groups excluding carboxylic acids is 1. The van der Waals surface area contributed by atoms with Crippen molar-refractivity contribution in [3.05, 3.63) is 105 Å². The molecule has 0 spiro atoms. The average Bonchev–Trinajstić information content (AvgIpc) is 2.74. The van der Waals surface area contributed by atoms with Crippen LogP contribution < -0.4 is 10.9 Å². The molecule has 4 rings (SSSR count). The number of benzene rings is 2. The van der Waals surface area contributed by atoms with Crippen LogP contribution in [-0.2, 0) is 6.54 Å². The van der Waals surface area contributed by atoms with E-state index in [1.165, 1.54) is 22.8 Å². The SMILES string of the molecule is Cc1ccc(NC(=O)c2cc3cccnc3n(Cc3ccc(F)cc3)c2=O)cc1Cl. The smallest absolute Gasteiger partial charge is 0.265 e. The third-order valence-corrected chi connectivity index (χ3v) is 5.18. The molecule has 2 heterocycles. The Hall–Kier alpha value is -3.51. The maximum absolute atomic E-state index is 13.2. The summed E-state index contributed by atoms with van der Waals surface area (Å²) < 4.78 is 14.7. The Bertz CT molecular complexity index is 1320. The molecule has 7 heteroatoms. The number of carbonyl (C=O) groups is 1. The van der Waals surface area contributed by atoms with Crippen molar-refractivity contribution in [3.63, 3.8) is 0 Å². The largest absolute Gasteiger partial charge is 0.322 e. The fraction of sp³-hybridized carbons (Fsp3) is 0.0870. The first-order chi connectivity index (χ1) is 14.4. The van der Waals surface area contributed by atoms with Gasteiger partial charge in [-0.1, -0.05) is 29.8 Å². The molecule has 0 saturated heterocycles. The van der Waals surface area contributed by atoms with Crippen LogP contribution in [0.4, 0.5) is 10.1 Å². The van der Waals surface area contributed by atoms with Crippen LogP contribution in [0.15, 0.2) is 71.7 Å². The molecule has 0 aliphatic heterocycles. The molecule has 0 radical (unpaired) electrons. The molecular weight excluding hydrogens is 405 g/mol. The molecule has 5 nitrogen and oxygen atoms in total. The second-order valence-electron chi connectivity index (χ2n) is 6.91. The molecule has 2 aromatic carbocycles.